The average Bonchev–Trinajstić information content (AvgIpc) is 2.38. The molecule has 0 saturated carbocycles. The quantitative estimate of drug-likeness (QED) is 0.805. The van der Waals surface area contributed by atoms with Gasteiger partial charge in [-0.25, -0.2) is 9.97 Å². The number of hydrogen-bond acceptors (Lipinski definition) is 6. The Morgan fingerprint density at radius 2 is 2.44 bits per heavy atom. The molecule has 1 fully saturated rings. The summed E-state index contributed by atoms with van der Waals surface area (Å²) in [5, 5.41) is 17.4. The summed E-state index contributed by atoms with van der Waals surface area (Å²) in [5.74, 6) is -0.250. The minimum absolute atomic E-state index is 0.0276. The molecular formula is C11H12N4O3. The van der Waals surface area contributed by atoms with Gasteiger partial charge in [0.05, 0.1) is 31.5 Å². The molecule has 94 valence electrons. The van der Waals surface area contributed by atoms with Crippen LogP contribution in [-0.2, 0) is 9.53 Å². The molecule has 2 rings (SSSR count). The molecule has 0 spiro atoms. The lowest BCUT2D eigenvalue weighted by Crippen LogP contribution is -2.43. The maximum Gasteiger partial charge on any atom is 0.306 e. The number of carboxylic acids is 1. The number of nitrogens with zero attached hydrogens (tertiary/aromatic N) is 4. The van der Waals surface area contributed by atoms with Crippen LogP contribution in [0.15, 0.2) is 12.4 Å². The average molecular weight is 248 g/mol. The van der Waals surface area contributed by atoms with Gasteiger partial charge in [-0.3, -0.25) is 4.79 Å². The number of carboxylic acid groups (broad SMARTS) is 1. The summed E-state index contributed by atoms with van der Waals surface area (Å²) in [6.07, 6.45) is 2.55. The topological polar surface area (TPSA) is 99.3 Å². The second-order valence-electron chi connectivity index (χ2n) is 3.91. The molecule has 18 heavy (non-hydrogen) atoms. The van der Waals surface area contributed by atoms with Crippen LogP contribution in [0.5, 0.6) is 0 Å². The molecule has 1 aromatic heterocycles. The second kappa shape index (κ2) is 5.42. The maximum atomic E-state index is 10.6. The molecule has 1 unspecified atom stereocenters. The molecule has 0 amide bonds. The summed E-state index contributed by atoms with van der Waals surface area (Å²) in [6, 6.07) is 1.90. The third-order valence-electron chi connectivity index (χ3n) is 2.62. The molecule has 1 aliphatic rings. The predicted octanol–water partition coefficient (Wildman–Crippen LogP) is 0.0282. The van der Waals surface area contributed by atoms with Crippen molar-refractivity contribution in [2.24, 2.45) is 0 Å². The number of morpholine rings is 1. The largest absolute Gasteiger partial charge is 0.481 e. The van der Waals surface area contributed by atoms with Gasteiger partial charge < -0.3 is 14.7 Å². The van der Waals surface area contributed by atoms with E-state index in [0.717, 1.165) is 0 Å². The van der Waals surface area contributed by atoms with Crippen molar-refractivity contribution >= 4 is 11.8 Å². The summed E-state index contributed by atoms with van der Waals surface area (Å²) in [7, 11) is 0. The van der Waals surface area contributed by atoms with Gasteiger partial charge in [0.25, 0.3) is 0 Å². The first-order valence-electron chi connectivity index (χ1n) is 5.49. The van der Waals surface area contributed by atoms with Gasteiger partial charge >= 0.3 is 5.97 Å². The van der Waals surface area contributed by atoms with Crippen molar-refractivity contribution in [1.29, 1.82) is 5.26 Å². The number of hydrogen-bond donors (Lipinski definition) is 1. The molecule has 1 aromatic rings. The van der Waals surface area contributed by atoms with Crippen LogP contribution in [0.4, 0.5) is 5.82 Å². The van der Waals surface area contributed by atoms with Crippen LogP contribution in [0, 0.1) is 11.3 Å². The third-order valence-corrected chi connectivity index (χ3v) is 2.62. The van der Waals surface area contributed by atoms with Gasteiger partial charge in [0, 0.05) is 13.1 Å². The Balaban J connectivity index is 2.03. The van der Waals surface area contributed by atoms with Gasteiger partial charge in [-0.1, -0.05) is 0 Å². The monoisotopic (exact) mass is 248 g/mol. The Hall–Kier alpha value is -2.20. The van der Waals surface area contributed by atoms with E-state index in [1.807, 2.05) is 11.0 Å². The van der Waals surface area contributed by atoms with Crippen LogP contribution in [0.3, 0.4) is 0 Å². The van der Waals surface area contributed by atoms with E-state index in [9.17, 15) is 4.79 Å². The molecular weight excluding hydrogens is 236 g/mol. The van der Waals surface area contributed by atoms with Crippen molar-refractivity contribution in [2.45, 2.75) is 12.5 Å². The number of ether oxygens (including phenoxy) is 1. The first-order chi connectivity index (χ1) is 8.69. The Bertz CT molecular complexity index is 468. The lowest BCUT2D eigenvalue weighted by atomic mass is 10.2. The van der Waals surface area contributed by atoms with Gasteiger partial charge in [-0.2, -0.15) is 5.26 Å². The molecule has 0 aliphatic carbocycles. The van der Waals surface area contributed by atoms with Gasteiger partial charge in [-0.15, -0.1) is 0 Å². The number of aliphatic carboxylic acids is 1. The van der Waals surface area contributed by atoms with Gasteiger partial charge in [0.2, 0.25) is 0 Å². The third kappa shape index (κ3) is 2.93. The number of carbonyl (C=O) groups is 1. The number of nitriles is 1. The van der Waals surface area contributed by atoms with Crippen LogP contribution in [-0.4, -0.2) is 46.8 Å². The van der Waals surface area contributed by atoms with Crippen molar-refractivity contribution in [3.05, 3.63) is 18.1 Å². The molecule has 7 heteroatoms. The highest BCUT2D eigenvalue weighted by molar-refractivity contribution is 5.67. The molecule has 0 radical (unpaired) electrons. The van der Waals surface area contributed by atoms with Crippen molar-refractivity contribution in [1.82, 2.24) is 9.97 Å². The highest BCUT2D eigenvalue weighted by Gasteiger charge is 2.23. The first-order valence-corrected chi connectivity index (χ1v) is 5.49. The molecule has 0 aromatic carbocycles. The van der Waals surface area contributed by atoms with Gasteiger partial charge in [0.15, 0.2) is 5.69 Å². The Morgan fingerprint density at radius 3 is 3.06 bits per heavy atom. The van der Waals surface area contributed by atoms with Gasteiger partial charge in [-0.05, 0) is 0 Å². The number of rotatable bonds is 3. The summed E-state index contributed by atoms with van der Waals surface area (Å²) < 4.78 is 5.36. The van der Waals surface area contributed by atoms with Crippen LogP contribution in [0.25, 0.3) is 0 Å². The van der Waals surface area contributed by atoms with Crippen molar-refractivity contribution < 1.29 is 14.6 Å². The smallest absolute Gasteiger partial charge is 0.306 e. The summed E-state index contributed by atoms with van der Waals surface area (Å²) in [4.78, 5) is 20.6. The summed E-state index contributed by atoms with van der Waals surface area (Å²) in [6.45, 7) is 1.56. The van der Waals surface area contributed by atoms with Crippen LogP contribution in [0.2, 0.25) is 0 Å². The van der Waals surface area contributed by atoms with E-state index in [2.05, 4.69) is 9.97 Å². The fourth-order valence-electron chi connectivity index (χ4n) is 1.79. The molecule has 2 heterocycles. The normalized spacial score (nSPS) is 19.3. The highest BCUT2D eigenvalue weighted by atomic mass is 16.5. The molecule has 1 atom stereocenters. The van der Waals surface area contributed by atoms with E-state index in [0.29, 0.717) is 25.5 Å². The minimum atomic E-state index is -0.882. The van der Waals surface area contributed by atoms with Crippen molar-refractivity contribution in [3.8, 4) is 6.07 Å². The molecule has 1 aliphatic heterocycles. The Labute approximate surface area is 104 Å². The SMILES string of the molecule is N#Cc1cnc(N2CCOC(CC(=O)O)C2)cn1. The predicted molar refractivity (Wildman–Crippen MR) is 61.0 cm³/mol. The van der Waals surface area contributed by atoms with Gasteiger partial charge in [0.1, 0.15) is 11.9 Å². The van der Waals surface area contributed by atoms with E-state index in [1.54, 1.807) is 0 Å². The minimum Gasteiger partial charge on any atom is -0.481 e. The fraction of sp³-hybridized carbons (Fsp3) is 0.455. The Kier molecular flexibility index (Phi) is 3.69. The van der Waals surface area contributed by atoms with E-state index < -0.39 is 5.97 Å². The van der Waals surface area contributed by atoms with Crippen LogP contribution >= 0.6 is 0 Å². The molecule has 7 nitrogen and oxygen atoms in total. The highest BCUT2D eigenvalue weighted by Crippen LogP contribution is 2.15. The lowest BCUT2D eigenvalue weighted by Gasteiger charge is -2.32. The molecule has 0 bridgehead atoms. The summed E-state index contributed by atoms with van der Waals surface area (Å²) in [5.41, 5.74) is 0.258. The second-order valence-corrected chi connectivity index (χ2v) is 3.91. The number of anilines is 1. The van der Waals surface area contributed by atoms with Crippen molar-refractivity contribution in [2.75, 3.05) is 24.6 Å². The number of aromatic nitrogens is 2. The standard InChI is InChI=1S/C11H12N4O3/c12-4-8-5-14-10(6-13-8)15-1-2-18-9(7-15)3-11(16)17/h5-6,9H,1-3,7H2,(H,16,17). The summed E-state index contributed by atoms with van der Waals surface area (Å²) >= 11 is 0. The Morgan fingerprint density at radius 1 is 1.61 bits per heavy atom. The molecule has 1 N–H and O–H groups in total. The zero-order chi connectivity index (χ0) is 13.0. The van der Waals surface area contributed by atoms with E-state index in [-0.39, 0.29) is 18.2 Å². The lowest BCUT2D eigenvalue weighted by molar-refractivity contribution is -0.140. The molecule has 1 saturated heterocycles. The van der Waals surface area contributed by atoms with Crippen LogP contribution in [0.1, 0.15) is 12.1 Å². The zero-order valence-corrected chi connectivity index (χ0v) is 9.61. The first kappa shape index (κ1) is 12.3. The van der Waals surface area contributed by atoms with E-state index in [4.69, 9.17) is 15.1 Å². The van der Waals surface area contributed by atoms with E-state index in [1.165, 1.54) is 12.4 Å². The van der Waals surface area contributed by atoms with E-state index >= 15 is 0 Å². The maximum absolute atomic E-state index is 10.6. The zero-order valence-electron chi connectivity index (χ0n) is 9.61. The van der Waals surface area contributed by atoms with Crippen molar-refractivity contribution in [3.63, 3.8) is 0 Å². The van der Waals surface area contributed by atoms with Crippen LogP contribution < -0.4 is 4.90 Å². The fourth-order valence-corrected chi connectivity index (χ4v) is 1.79.